The maximum atomic E-state index is 12.0. The zero-order chi connectivity index (χ0) is 14.1. The molecule has 0 spiro atoms. The Hall–Kier alpha value is -1.76. The molecule has 0 radical (unpaired) electrons. The lowest BCUT2D eigenvalue weighted by Gasteiger charge is -1.97. The fraction of sp³-hybridized carbons (Fsp3) is 0.538. The SMILES string of the molecule is CC(C)Cc1nnc(NC(=O)c2cc(C3CC3)[nH]n2)s1. The molecule has 6 nitrogen and oxygen atoms in total. The van der Waals surface area contributed by atoms with Gasteiger partial charge >= 0.3 is 0 Å². The fourth-order valence-electron chi connectivity index (χ4n) is 1.95. The fourth-order valence-corrected chi connectivity index (χ4v) is 2.90. The standard InChI is InChI=1S/C13H17N5OS/c1-7(2)5-11-17-18-13(20-11)14-12(19)10-6-9(15-16-10)8-3-4-8/h6-8H,3-5H2,1-2H3,(H,15,16)(H,14,18,19). The van der Waals surface area contributed by atoms with Crippen LogP contribution in [-0.4, -0.2) is 26.3 Å². The van der Waals surface area contributed by atoms with Crippen LogP contribution >= 0.6 is 11.3 Å². The van der Waals surface area contributed by atoms with E-state index >= 15 is 0 Å². The average Bonchev–Trinajstić information content (AvgIpc) is 2.96. The van der Waals surface area contributed by atoms with Crippen molar-refractivity contribution < 1.29 is 4.79 Å². The van der Waals surface area contributed by atoms with Crippen molar-refractivity contribution in [3.63, 3.8) is 0 Å². The highest BCUT2D eigenvalue weighted by Crippen LogP contribution is 2.39. The van der Waals surface area contributed by atoms with Crippen LogP contribution in [0.4, 0.5) is 5.13 Å². The molecule has 2 aromatic rings. The Kier molecular flexibility index (Phi) is 3.52. The molecule has 106 valence electrons. The van der Waals surface area contributed by atoms with Gasteiger partial charge in [-0.1, -0.05) is 25.2 Å². The molecule has 1 saturated carbocycles. The third-order valence-corrected chi connectivity index (χ3v) is 3.98. The first-order chi connectivity index (χ1) is 9.61. The van der Waals surface area contributed by atoms with Gasteiger partial charge in [0.1, 0.15) is 5.01 Å². The summed E-state index contributed by atoms with van der Waals surface area (Å²) in [5, 5.41) is 19.2. The van der Waals surface area contributed by atoms with Gasteiger partial charge in [-0.2, -0.15) is 5.10 Å². The number of amides is 1. The molecule has 0 unspecified atom stereocenters. The molecule has 2 heterocycles. The minimum absolute atomic E-state index is 0.236. The minimum Gasteiger partial charge on any atom is -0.295 e. The van der Waals surface area contributed by atoms with Crippen molar-refractivity contribution in [2.45, 2.75) is 39.0 Å². The number of H-pyrrole nitrogens is 1. The van der Waals surface area contributed by atoms with Crippen LogP contribution in [-0.2, 0) is 6.42 Å². The zero-order valence-corrected chi connectivity index (χ0v) is 12.3. The van der Waals surface area contributed by atoms with E-state index < -0.39 is 0 Å². The van der Waals surface area contributed by atoms with E-state index in [1.165, 1.54) is 24.2 Å². The van der Waals surface area contributed by atoms with Crippen LogP contribution in [0.3, 0.4) is 0 Å². The van der Waals surface area contributed by atoms with E-state index in [1.54, 1.807) is 0 Å². The average molecular weight is 291 g/mol. The van der Waals surface area contributed by atoms with Gasteiger partial charge in [0.05, 0.1) is 0 Å². The molecule has 0 bridgehead atoms. The summed E-state index contributed by atoms with van der Waals surface area (Å²) in [6.07, 6.45) is 3.23. The molecule has 1 aliphatic rings. The molecule has 20 heavy (non-hydrogen) atoms. The second kappa shape index (κ2) is 5.32. The summed E-state index contributed by atoms with van der Waals surface area (Å²) in [6.45, 7) is 4.26. The normalized spacial score (nSPS) is 14.8. The Morgan fingerprint density at radius 2 is 2.30 bits per heavy atom. The van der Waals surface area contributed by atoms with Gasteiger partial charge in [-0.05, 0) is 24.8 Å². The summed E-state index contributed by atoms with van der Waals surface area (Å²) >= 11 is 1.42. The monoisotopic (exact) mass is 291 g/mol. The van der Waals surface area contributed by atoms with E-state index in [0.717, 1.165) is 17.1 Å². The summed E-state index contributed by atoms with van der Waals surface area (Å²) in [5.41, 5.74) is 1.46. The Labute approximate surface area is 121 Å². The van der Waals surface area contributed by atoms with Crippen molar-refractivity contribution in [2.24, 2.45) is 5.92 Å². The van der Waals surface area contributed by atoms with Gasteiger partial charge in [0, 0.05) is 18.0 Å². The van der Waals surface area contributed by atoms with Crippen LogP contribution in [0.25, 0.3) is 0 Å². The highest BCUT2D eigenvalue weighted by Gasteiger charge is 2.26. The number of nitrogens with one attached hydrogen (secondary N) is 2. The number of aromatic nitrogens is 4. The van der Waals surface area contributed by atoms with Crippen LogP contribution in [0.2, 0.25) is 0 Å². The van der Waals surface area contributed by atoms with Gasteiger partial charge in [0.25, 0.3) is 5.91 Å². The van der Waals surface area contributed by atoms with Gasteiger partial charge in [0.15, 0.2) is 5.69 Å². The lowest BCUT2D eigenvalue weighted by Crippen LogP contribution is -2.12. The Bertz CT molecular complexity index is 614. The first-order valence-electron chi connectivity index (χ1n) is 6.81. The van der Waals surface area contributed by atoms with Crippen molar-refractivity contribution in [1.82, 2.24) is 20.4 Å². The van der Waals surface area contributed by atoms with Crippen LogP contribution in [0.15, 0.2) is 6.07 Å². The molecule has 2 aromatic heterocycles. The minimum atomic E-state index is -0.236. The molecule has 0 aliphatic heterocycles. The predicted molar refractivity (Wildman–Crippen MR) is 77.0 cm³/mol. The second-order valence-corrected chi connectivity index (χ2v) is 6.60. The zero-order valence-electron chi connectivity index (χ0n) is 11.5. The van der Waals surface area contributed by atoms with E-state index in [4.69, 9.17) is 0 Å². The summed E-state index contributed by atoms with van der Waals surface area (Å²) in [7, 11) is 0. The topological polar surface area (TPSA) is 83.6 Å². The smallest absolute Gasteiger partial charge is 0.277 e. The van der Waals surface area contributed by atoms with Crippen LogP contribution < -0.4 is 5.32 Å². The molecule has 0 saturated heterocycles. The number of hydrogen-bond acceptors (Lipinski definition) is 5. The first-order valence-corrected chi connectivity index (χ1v) is 7.62. The van der Waals surface area contributed by atoms with Crippen molar-refractivity contribution in [3.05, 3.63) is 22.5 Å². The third kappa shape index (κ3) is 3.04. The molecule has 2 N–H and O–H groups in total. The molecule has 1 fully saturated rings. The van der Waals surface area contributed by atoms with Gasteiger partial charge in [-0.15, -0.1) is 10.2 Å². The highest BCUT2D eigenvalue weighted by molar-refractivity contribution is 7.15. The molecule has 1 aliphatic carbocycles. The van der Waals surface area contributed by atoms with E-state index in [2.05, 4.69) is 39.6 Å². The van der Waals surface area contributed by atoms with Crippen molar-refractivity contribution >= 4 is 22.4 Å². The maximum Gasteiger partial charge on any atom is 0.277 e. The molecule has 0 atom stereocenters. The molecular formula is C13H17N5OS. The summed E-state index contributed by atoms with van der Waals surface area (Å²) in [5.74, 6) is 0.850. The number of carbonyl (C=O) groups is 1. The summed E-state index contributed by atoms with van der Waals surface area (Å²) < 4.78 is 0. The predicted octanol–water partition coefficient (Wildman–Crippen LogP) is 2.59. The lowest BCUT2D eigenvalue weighted by molar-refractivity contribution is 0.102. The Morgan fingerprint density at radius 3 is 3.00 bits per heavy atom. The molecular weight excluding hydrogens is 274 g/mol. The van der Waals surface area contributed by atoms with Crippen LogP contribution in [0.1, 0.15) is 53.8 Å². The second-order valence-electron chi connectivity index (χ2n) is 5.54. The molecule has 1 amide bonds. The van der Waals surface area contributed by atoms with Gasteiger partial charge in [0.2, 0.25) is 5.13 Å². The first kappa shape index (κ1) is 13.2. The van der Waals surface area contributed by atoms with E-state index in [0.29, 0.717) is 22.7 Å². The number of hydrogen-bond donors (Lipinski definition) is 2. The number of carbonyl (C=O) groups excluding carboxylic acids is 1. The molecule has 7 heteroatoms. The number of rotatable bonds is 5. The summed E-state index contributed by atoms with van der Waals surface area (Å²) in [6, 6.07) is 1.82. The highest BCUT2D eigenvalue weighted by atomic mass is 32.1. The van der Waals surface area contributed by atoms with Crippen molar-refractivity contribution in [1.29, 1.82) is 0 Å². The van der Waals surface area contributed by atoms with E-state index in [1.807, 2.05) is 6.07 Å². The number of aromatic amines is 1. The molecule has 3 rings (SSSR count). The Balaban J connectivity index is 1.63. The number of anilines is 1. The van der Waals surface area contributed by atoms with Crippen molar-refractivity contribution in [3.8, 4) is 0 Å². The van der Waals surface area contributed by atoms with Gasteiger partial charge in [-0.3, -0.25) is 15.2 Å². The lowest BCUT2D eigenvalue weighted by atomic mass is 10.1. The molecule has 0 aromatic carbocycles. The Morgan fingerprint density at radius 1 is 1.50 bits per heavy atom. The van der Waals surface area contributed by atoms with Crippen LogP contribution in [0.5, 0.6) is 0 Å². The van der Waals surface area contributed by atoms with Gasteiger partial charge < -0.3 is 0 Å². The maximum absolute atomic E-state index is 12.0. The van der Waals surface area contributed by atoms with E-state index in [9.17, 15) is 4.79 Å². The quantitative estimate of drug-likeness (QED) is 0.887. The number of nitrogens with zero attached hydrogens (tertiary/aromatic N) is 3. The van der Waals surface area contributed by atoms with E-state index in [-0.39, 0.29) is 5.91 Å². The third-order valence-electron chi connectivity index (χ3n) is 3.12. The largest absolute Gasteiger partial charge is 0.295 e. The van der Waals surface area contributed by atoms with Crippen LogP contribution in [0, 0.1) is 5.92 Å². The van der Waals surface area contributed by atoms with Crippen molar-refractivity contribution in [2.75, 3.05) is 5.32 Å². The van der Waals surface area contributed by atoms with Gasteiger partial charge in [-0.25, -0.2) is 0 Å². The summed E-state index contributed by atoms with van der Waals surface area (Å²) in [4.78, 5) is 12.0.